The Bertz CT molecular complexity index is 466. The smallest absolute Gasteiger partial charge is 0.172 e. The van der Waals surface area contributed by atoms with E-state index in [9.17, 15) is 4.39 Å². The molecule has 0 atom stereocenters. The monoisotopic (exact) mass is 322 g/mol. The Labute approximate surface area is 99.0 Å². The Morgan fingerprint density at radius 3 is 3.00 bits per heavy atom. The van der Waals surface area contributed by atoms with Crippen LogP contribution in [-0.4, -0.2) is 6.61 Å². The summed E-state index contributed by atoms with van der Waals surface area (Å²) in [6.07, 6.45) is 0. The second kappa shape index (κ2) is 4.02. The highest BCUT2D eigenvalue weighted by molar-refractivity contribution is 14.1. The van der Waals surface area contributed by atoms with Crippen LogP contribution in [0.3, 0.4) is 0 Å². The first-order valence-corrected chi connectivity index (χ1v) is 6.18. The van der Waals surface area contributed by atoms with Gasteiger partial charge < -0.3 is 4.74 Å². The molecule has 2 rings (SSSR count). The van der Waals surface area contributed by atoms with Gasteiger partial charge in [-0.2, -0.15) is 0 Å². The quantitative estimate of drug-likeness (QED) is 0.758. The highest BCUT2D eigenvalue weighted by Crippen LogP contribution is 2.36. The van der Waals surface area contributed by atoms with Gasteiger partial charge >= 0.3 is 0 Å². The lowest BCUT2D eigenvalue weighted by molar-refractivity contribution is 0.326. The lowest BCUT2D eigenvalue weighted by atomic mass is 10.2. The number of ether oxygens (including phenoxy) is 1. The molecule has 14 heavy (non-hydrogen) atoms. The zero-order valence-corrected chi connectivity index (χ0v) is 10.5. The molecular weight excluding hydrogens is 314 g/mol. The topological polar surface area (TPSA) is 9.23 Å². The number of thiophene rings is 1. The van der Waals surface area contributed by atoms with Gasteiger partial charge in [0.1, 0.15) is 0 Å². The third-order valence-electron chi connectivity index (χ3n) is 1.89. The molecule has 0 N–H and O–H groups in total. The van der Waals surface area contributed by atoms with Gasteiger partial charge in [-0.1, -0.05) is 0 Å². The summed E-state index contributed by atoms with van der Waals surface area (Å²) in [5.41, 5.74) is 0. The van der Waals surface area contributed by atoms with E-state index in [0.29, 0.717) is 12.4 Å². The fraction of sp³-hybridized carbons (Fsp3) is 0.200. The predicted molar refractivity (Wildman–Crippen MR) is 65.7 cm³/mol. The van der Waals surface area contributed by atoms with E-state index < -0.39 is 0 Å². The summed E-state index contributed by atoms with van der Waals surface area (Å²) >= 11 is 3.76. The molecule has 1 nitrogen and oxygen atoms in total. The maximum absolute atomic E-state index is 13.4. The molecule has 1 aromatic heterocycles. The molecule has 0 radical (unpaired) electrons. The van der Waals surface area contributed by atoms with Crippen molar-refractivity contribution in [3.63, 3.8) is 0 Å². The lowest BCUT2D eigenvalue weighted by Gasteiger charge is -2.05. The van der Waals surface area contributed by atoms with Gasteiger partial charge in [0.25, 0.3) is 0 Å². The SMILES string of the molecule is CCOc1c(F)ccc2c(I)csc12. The molecule has 1 aromatic carbocycles. The largest absolute Gasteiger partial charge is 0.489 e. The molecule has 0 fully saturated rings. The van der Waals surface area contributed by atoms with Gasteiger partial charge in [-0.05, 0) is 41.6 Å². The molecule has 0 spiro atoms. The summed E-state index contributed by atoms with van der Waals surface area (Å²) < 4.78 is 20.7. The number of halogens is 2. The summed E-state index contributed by atoms with van der Waals surface area (Å²) in [6, 6.07) is 3.26. The standard InChI is InChI=1S/C10H8FIOS/c1-2-13-9-7(11)4-3-6-8(12)5-14-10(6)9/h3-5H,2H2,1H3. The van der Waals surface area contributed by atoms with E-state index in [2.05, 4.69) is 22.6 Å². The Morgan fingerprint density at radius 2 is 2.29 bits per heavy atom. The van der Waals surface area contributed by atoms with E-state index in [1.807, 2.05) is 12.3 Å². The molecule has 2 aromatic rings. The van der Waals surface area contributed by atoms with E-state index in [-0.39, 0.29) is 5.82 Å². The Hall–Kier alpha value is -0.360. The molecule has 0 unspecified atom stereocenters. The van der Waals surface area contributed by atoms with Crippen molar-refractivity contribution in [1.82, 2.24) is 0 Å². The summed E-state index contributed by atoms with van der Waals surface area (Å²) in [4.78, 5) is 0. The van der Waals surface area contributed by atoms with E-state index in [1.54, 1.807) is 6.07 Å². The number of benzene rings is 1. The van der Waals surface area contributed by atoms with Crippen LogP contribution in [0.2, 0.25) is 0 Å². The molecule has 1 heterocycles. The van der Waals surface area contributed by atoms with Gasteiger partial charge in [-0.3, -0.25) is 0 Å². The van der Waals surface area contributed by atoms with Crippen LogP contribution in [0.4, 0.5) is 4.39 Å². The molecular formula is C10H8FIOS. The van der Waals surface area contributed by atoms with E-state index >= 15 is 0 Å². The Balaban J connectivity index is 2.70. The van der Waals surface area contributed by atoms with E-state index in [4.69, 9.17) is 4.74 Å². The minimum atomic E-state index is -0.280. The van der Waals surface area contributed by atoms with E-state index in [1.165, 1.54) is 17.4 Å². The number of hydrogen-bond donors (Lipinski definition) is 0. The fourth-order valence-electron chi connectivity index (χ4n) is 1.30. The second-order valence-electron chi connectivity index (χ2n) is 2.77. The minimum Gasteiger partial charge on any atom is -0.489 e. The first-order chi connectivity index (χ1) is 6.74. The number of fused-ring (bicyclic) bond motifs is 1. The van der Waals surface area contributed by atoms with Gasteiger partial charge in [0.2, 0.25) is 0 Å². The van der Waals surface area contributed by atoms with Crippen LogP contribution in [-0.2, 0) is 0 Å². The summed E-state index contributed by atoms with van der Waals surface area (Å²) in [5, 5.41) is 3.08. The third-order valence-corrected chi connectivity index (χ3v) is 4.20. The maximum atomic E-state index is 13.4. The van der Waals surface area contributed by atoms with Crippen molar-refractivity contribution in [2.24, 2.45) is 0 Å². The highest BCUT2D eigenvalue weighted by Gasteiger charge is 2.11. The summed E-state index contributed by atoms with van der Waals surface area (Å²) in [7, 11) is 0. The number of rotatable bonds is 2. The normalized spacial score (nSPS) is 10.8. The van der Waals surface area contributed by atoms with Crippen LogP contribution >= 0.6 is 33.9 Å². The molecule has 0 saturated heterocycles. The first kappa shape index (κ1) is 10.2. The summed E-state index contributed by atoms with van der Waals surface area (Å²) in [5.74, 6) is 0.107. The molecule has 0 amide bonds. The second-order valence-corrected chi connectivity index (χ2v) is 4.81. The average Bonchev–Trinajstić information content (AvgIpc) is 2.53. The first-order valence-electron chi connectivity index (χ1n) is 4.22. The van der Waals surface area contributed by atoms with Crippen molar-refractivity contribution in [1.29, 1.82) is 0 Å². The third kappa shape index (κ3) is 1.61. The van der Waals surface area contributed by atoms with Crippen molar-refractivity contribution >= 4 is 44.0 Å². The maximum Gasteiger partial charge on any atom is 0.172 e. The van der Waals surface area contributed by atoms with Gasteiger partial charge in [-0.15, -0.1) is 11.3 Å². The van der Waals surface area contributed by atoms with Crippen molar-refractivity contribution in [3.8, 4) is 5.75 Å². The highest BCUT2D eigenvalue weighted by atomic mass is 127. The van der Waals surface area contributed by atoms with Crippen molar-refractivity contribution in [3.05, 3.63) is 26.9 Å². The number of hydrogen-bond acceptors (Lipinski definition) is 2. The van der Waals surface area contributed by atoms with Crippen LogP contribution in [0.5, 0.6) is 5.75 Å². The minimum absolute atomic E-state index is 0.280. The molecule has 0 aliphatic carbocycles. The van der Waals surface area contributed by atoms with Crippen LogP contribution in [0, 0.1) is 9.39 Å². The van der Waals surface area contributed by atoms with Gasteiger partial charge in [0.15, 0.2) is 11.6 Å². The van der Waals surface area contributed by atoms with Gasteiger partial charge in [0, 0.05) is 14.3 Å². The lowest BCUT2D eigenvalue weighted by Crippen LogP contribution is -1.94. The van der Waals surface area contributed by atoms with Crippen LogP contribution < -0.4 is 4.74 Å². The zero-order valence-electron chi connectivity index (χ0n) is 7.51. The van der Waals surface area contributed by atoms with Crippen molar-refractivity contribution < 1.29 is 9.13 Å². The Morgan fingerprint density at radius 1 is 1.50 bits per heavy atom. The van der Waals surface area contributed by atoms with E-state index in [0.717, 1.165) is 13.7 Å². The van der Waals surface area contributed by atoms with Crippen molar-refractivity contribution in [2.45, 2.75) is 6.92 Å². The van der Waals surface area contributed by atoms with Crippen molar-refractivity contribution in [2.75, 3.05) is 6.61 Å². The van der Waals surface area contributed by atoms with Crippen LogP contribution in [0.1, 0.15) is 6.92 Å². The van der Waals surface area contributed by atoms with Gasteiger partial charge in [-0.25, -0.2) is 4.39 Å². The Kier molecular flexibility index (Phi) is 2.92. The molecule has 0 saturated carbocycles. The van der Waals surface area contributed by atoms with Crippen LogP contribution in [0.15, 0.2) is 17.5 Å². The predicted octanol–water partition coefficient (Wildman–Crippen LogP) is 4.04. The van der Waals surface area contributed by atoms with Crippen LogP contribution in [0.25, 0.3) is 10.1 Å². The molecule has 74 valence electrons. The molecule has 4 heteroatoms. The molecule has 0 aliphatic rings. The van der Waals surface area contributed by atoms with Gasteiger partial charge in [0.05, 0.1) is 11.3 Å². The molecule has 0 bridgehead atoms. The fourth-order valence-corrected chi connectivity index (χ4v) is 3.23. The average molecular weight is 322 g/mol. The molecule has 0 aliphatic heterocycles. The summed E-state index contributed by atoms with van der Waals surface area (Å²) in [6.45, 7) is 2.35. The zero-order chi connectivity index (χ0) is 10.1.